The summed E-state index contributed by atoms with van der Waals surface area (Å²) in [5, 5.41) is 14.5. The van der Waals surface area contributed by atoms with Gasteiger partial charge in [-0.3, -0.25) is 9.59 Å². The number of nitrogens with zero attached hydrogens (tertiary/aromatic N) is 3. The average Bonchev–Trinajstić information content (AvgIpc) is 3.18. The van der Waals surface area contributed by atoms with Crippen molar-refractivity contribution in [3.63, 3.8) is 0 Å². The van der Waals surface area contributed by atoms with Crippen molar-refractivity contribution in [3.05, 3.63) is 66.1 Å². The number of carbonyl (C=O) groups is 2. The van der Waals surface area contributed by atoms with Gasteiger partial charge in [0.1, 0.15) is 11.8 Å². The summed E-state index contributed by atoms with van der Waals surface area (Å²) in [7, 11) is 0. The number of Topliss-reactive ketones (excluding diaryl/α,β-unsaturated/α-hetero) is 1. The first-order chi connectivity index (χ1) is 14.5. The van der Waals surface area contributed by atoms with E-state index in [9.17, 15) is 19.1 Å². The third-order valence-corrected chi connectivity index (χ3v) is 5.27. The Bertz CT molecular complexity index is 1070. The minimum Gasteiger partial charge on any atom is -0.539 e. The van der Waals surface area contributed by atoms with Crippen molar-refractivity contribution in [2.45, 2.75) is 19.4 Å². The summed E-state index contributed by atoms with van der Waals surface area (Å²) in [5.41, 5.74) is 1.48. The Morgan fingerprint density at radius 3 is 2.73 bits per heavy atom. The molecule has 1 aliphatic rings. The molecule has 1 aliphatic heterocycles. The summed E-state index contributed by atoms with van der Waals surface area (Å²) in [6, 6.07) is 13.7. The number of halogens is 1. The van der Waals surface area contributed by atoms with Crippen LogP contribution in [0.25, 0.3) is 11.1 Å². The Morgan fingerprint density at radius 1 is 1.23 bits per heavy atom. The smallest absolute Gasteiger partial charge is 0.291 e. The van der Waals surface area contributed by atoms with E-state index in [2.05, 4.69) is 9.79 Å². The van der Waals surface area contributed by atoms with Crippen LogP contribution in [0.4, 0.5) is 4.39 Å². The van der Waals surface area contributed by atoms with Crippen LogP contribution < -0.4 is 9.79 Å². The Labute approximate surface area is 172 Å². The number of carbonyl (C=O) groups excluding carboxylic acids is 2. The number of piperidine rings is 1. The van der Waals surface area contributed by atoms with Gasteiger partial charge in [-0.15, -0.1) is 0 Å². The van der Waals surface area contributed by atoms with Gasteiger partial charge in [0.05, 0.1) is 5.27 Å². The lowest BCUT2D eigenvalue weighted by atomic mass is 9.89. The average molecular weight is 409 g/mol. The maximum Gasteiger partial charge on any atom is 0.291 e. The highest BCUT2D eigenvalue weighted by molar-refractivity contribution is 5.98. The third-order valence-electron chi connectivity index (χ3n) is 5.27. The Morgan fingerprint density at radius 2 is 2.03 bits per heavy atom. The van der Waals surface area contributed by atoms with Gasteiger partial charge in [0.2, 0.25) is 6.20 Å². The molecular weight excluding hydrogens is 389 g/mol. The van der Waals surface area contributed by atoms with Crippen molar-refractivity contribution in [2.24, 2.45) is 5.92 Å². The highest BCUT2D eigenvalue weighted by atomic mass is 19.1. The van der Waals surface area contributed by atoms with E-state index in [1.165, 1.54) is 6.07 Å². The molecule has 7 nitrogen and oxygen atoms in total. The van der Waals surface area contributed by atoms with E-state index in [1.807, 2.05) is 30.3 Å². The molecule has 1 fully saturated rings. The number of aromatic nitrogens is 2. The molecule has 2 aromatic carbocycles. The SMILES string of the molecule is O=C(c1ccc(-c2ccccc2)c(F)c1)C1CCCN(C(=O)C[n+]2cc([O-])on2)C1. The minimum absolute atomic E-state index is 0.132. The lowest BCUT2D eigenvalue weighted by Gasteiger charge is -2.31. The second-order valence-electron chi connectivity index (χ2n) is 7.32. The number of hydrogen-bond acceptors (Lipinski definition) is 5. The molecule has 1 unspecified atom stereocenters. The highest BCUT2D eigenvalue weighted by Gasteiger charge is 2.31. The minimum atomic E-state index is -0.629. The molecule has 1 amide bonds. The first-order valence-electron chi connectivity index (χ1n) is 9.71. The summed E-state index contributed by atoms with van der Waals surface area (Å²) in [6.07, 6.45) is 2.40. The lowest BCUT2D eigenvalue weighted by molar-refractivity contribution is -0.751. The second-order valence-corrected chi connectivity index (χ2v) is 7.32. The predicted molar refractivity (Wildman–Crippen MR) is 102 cm³/mol. The molecule has 3 aromatic rings. The molecule has 0 N–H and O–H groups in total. The standard InChI is InChI=1S/C22H20FN3O4/c23-19-11-16(8-9-18(19)15-5-2-1-3-6-15)22(29)17-7-4-10-25(12-17)20(27)13-26-14-21(28)30-24-26/h1-3,5-6,8-9,11,14,17H,4,7,10,12-13H2. The Hall–Kier alpha value is -3.55. The fourth-order valence-corrected chi connectivity index (χ4v) is 3.75. The first kappa shape index (κ1) is 19.8. The summed E-state index contributed by atoms with van der Waals surface area (Å²) in [4.78, 5) is 27.0. The van der Waals surface area contributed by atoms with E-state index in [1.54, 1.807) is 17.0 Å². The van der Waals surface area contributed by atoms with Crippen LogP contribution in [0.2, 0.25) is 0 Å². The predicted octanol–water partition coefficient (Wildman–Crippen LogP) is 1.96. The van der Waals surface area contributed by atoms with Gasteiger partial charge in [-0.1, -0.05) is 47.1 Å². The van der Waals surface area contributed by atoms with Crippen LogP contribution in [0.15, 0.2) is 59.3 Å². The van der Waals surface area contributed by atoms with Crippen molar-refractivity contribution in [3.8, 4) is 17.1 Å². The van der Waals surface area contributed by atoms with Crippen LogP contribution in [-0.2, 0) is 11.3 Å². The van der Waals surface area contributed by atoms with Crippen LogP contribution >= 0.6 is 0 Å². The molecule has 1 aromatic heterocycles. The molecule has 154 valence electrons. The largest absolute Gasteiger partial charge is 0.539 e. The van der Waals surface area contributed by atoms with Crippen LogP contribution in [0.1, 0.15) is 23.2 Å². The van der Waals surface area contributed by atoms with Crippen LogP contribution in [0.3, 0.4) is 0 Å². The quantitative estimate of drug-likeness (QED) is 0.475. The van der Waals surface area contributed by atoms with Crippen LogP contribution in [0.5, 0.6) is 5.95 Å². The number of likely N-dealkylation sites (tertiary alicyclic amines) is 1. The topological polar surface area (TPSA) is 90.4 Å². The molecule has 2 heterocycles. The zero-order valence-electron chi connectivity index (χ0n) is 16.2. The number of amides is 1. The highest BCUT2D eigenvalue weighted by Crippen LogP contribution is 2.26. The zero-order valence-corrected chi connectivity index (χ0v) is 16.2. The van der Waals surface area contributed by atoms with Crippen LogP contribution in [0, 0.1) is 11.7 Å². The Balaban J connectivity index is 1.45. The van der Waals surface area contributed by atoms with Crippen molar-refractivity contribution in [2.75, 3.05) is 13.1 Å². The molecule has 4 rings (SSSR count). The van der Waals surface area contributed by atoms with Gasteiger partial charge in [0.25, 0.3) is 12.5 Å². The van der Waals surface area contributed by atoms with Crippen molar-refractivity contribution >= 4 is 11.7 Å². The van der Waals surface area contributed by atoms with E-state index in [0.717, 1.165) is 16.4 Å². The fourth-order valence-electron chi connectivity index (χ4n) is 3.75. The summed E-state index contributed by atoms with van der Waals surface area (Å²) >= 11 is 0. The van der Waals surface area contributed by atoms with E-state index in [0.29, 0.717) is 30.5 Å². The molecule has 1 saturated heterocycles. The van der Waals surface area contributed by atoms with Crippen LogP contribution in [-0.4, -0.2) is 35.0 Å². The molecule has 0 aliphatic carbocycles. The maximum absolute atomic E-state index is 14.7. The van der Waals surface area contributed by atoms with Gasteiger partial charge in [-0.2, -0.15) is 0 Å². The van der Waals surface area contributed by atoms with Gasteiger partial charge in [-0.05, 0) is 24.5 Å². The van der Waals surface area contributed by atoms with Gasteiger partial charge >= 0.3 is 0 Å². The van der Waals surface area contributed by atoms with Gasteiger partial charge in [0.15, 0.2) is 5.78 Å². The van der Waals surface area contributed by atoms with E-state index in [4.69, 9.17) is 0 Å². The van der Waals surface area contributed by atoms with E-state index in [-0.39, 0.29) is 24.8 Å². The summed E-state index contributed by atoms with van der Waals surface area (Å²) in [5.74, 6) is -1.91. The van der Waals surface area contributed by atoms with Crippen molar-refractivity contribution in [1.29, 1.82) is 0 Å². The lowest BCUT2D eigenvalue weighted by Crippen LogP contribution is -2.49. The molecule has 8 heteroatoms. The molecule has 0 saturated carbocycles. The summed E-state index contributed by atoms with van der Waals surface area (Å²) in [6.45, 7) is 0.641. The Kier molecular flexibility index (Phi) is 5.56. The number of benzene rings is 2. The van der Waals surface area contributed by atoms with E-state index < -0.39 is 17.7 Å². The van der Waals surface area contributed by atoms with Crippen molar-refractivity contribution < 1.29 is 28.3 Å². The number of hydrogen-bond donors (Lipinski definition) is 0. The summed E-state index contributed by atoms with van der Waals surface area (Å²) < 4.78 is 20.2. The van der Waals surface area contributed by atoms with Gasteiger partial charge < -0.3 is 14.5 Å². The zero-order chi connectivity index (χ0) is 21.1. The fraction of sp³-hybridized carbons (Fsp3) is 0.273. The number of ketones is 1. The van der Waals surface area contributed by atoms with E-state index >= 15 is 0 Å². The molecular formula is C22H20FN3O4. The molecule has 0 bridgehead atoms. The maximum atomic E-state index is 14.7. The monoisotopic (exact) mass is 409 g/mol. The van der Waals surface area contributed by atoms with Crippen molar-refractivity contribution in [1.82, 2.24) is 10.2 Å². The third kappa shape index (κ3) is 4.22. The second kappa shape index (κ2) is 8.44. The normalized spacial score (nSPS) is 16.4. The molecule has 0 radical (unpaired) electrons. The molecule has 1 atom stereocenters. The molecule has 30 heavy (non-hydrogen) atoms. The number of rotatable bonds is 5. The molecule has 0 spiro atoms. The van der Waals surface area contributed by atoms with Gasteiger partial charge in [0, 0.05) is 30.1 Å². The first-order valence-corrected chi connectivity index (χ1v) is 9.71. The van der Waals surface area contributed by atoms with Gasteiger partial charge in [-0.25, -0.2) is 4.39 Å².